The number of fused-ring (bicyclic) bond motifs is 1. The van der Waals surface area contributed by atoms with Crippen LogP contribution in [0.25, 0.3) is 0 Å². The average molecular weight is 344 g/mol. The van der Waals surface area contributed by atoms with Crippen molar-refractivity contribution in [1.29, 1.82) is 0 Å². The molecule has 5 nitrogen and oxygen atoms in total. The van der Waals surface area contributed by atoms with Gasteiger partial charge in [0.15, 0.2) is 0 Å². The first-order valence-corrected chi connectivity index (χ1v) is 7.91. The molecule has 2 aliphatic rings. The van der Waals surface area contributed by atoms with Crippen molar-refractivity contribution in [3.05, 3.63) is 29.8 Å². The van der Waals surface area contributed by atoms with E-state index < -0.39 is 24.1 Å². The topological polar surface area (TPSA) is 53.0 Å². The van der Waals surface area contributed by atoms with Crippen LogP contribution < -0.4 is 4.74 Å². The van der Waals surface area contributed by atoms with Crippen LogP contribution in [0, 0.1) is 0 Å². The molecule has 0 radical (unpaired) electrons. The molecule has 132 valence electrons. The summed E-state index contributed by atoms with van der Waals surface area (Å²) >= 11 is 0. The minimum atomic E-state index is -4.86. The molecule has 1 aromatic rings. The van der Waals surface area contributed by atoms with Gasteiger partial charge in [-0.25, -0.2) is 0 Å². The van der Waals surface area contributed by atoms with E-state index in [0.29, 0.717) is 13.1 Å². The second-order valence-electron chi connectivity index (χ2n) is 6.15. The Kier molecular flexibility index (Phi) is 4.69. The highest BCUT2D eigenvalue weighted by atomic mass is 19.4. The summed E-state index contributed by atoms with van der Waals surface area (Å²) in [7, 11) is 0. The number of nitrogens with zero attached hydrogens (tertiary/aromatic N) is 2. The number of benzene rings is 1. The molecule has 3 rings (SSSR count). The fourth-order valence-electron chi connectivity index (χ4n) is 3.66. The number of para-hydroxylation sites is 1. The Bertz CT molecular complexity index is 608. The van der Waals surface area contributed by atoms with Crippen LogP contribution in [-0.2, 0) is 4.79 Å². The Morgan fingerprint density at radius 2 is 2.00 bits per heavy atom. The van der Waals surface area contributed by atoms with E-state index in [-0.39, 0.29) is 11.6 Å². The maximum atomic E-state index is 12.6. The highest BCUT2D eigenvalue weighted by Gasteiger charge is 2.39. The van der Waals surface area contributed by atoms with Crippen molar-refractivity contribution in [1.82, 2.24) is 9.80 Å². The van der Waals surface area contributed by atoms with Crippen molar-refractivity contribution in [2.75, 3.05) is 26.2 Å². The van der Waals surface area contributed by atoms with E-state index in [1.807, 2.05) is 0 Å². The normalized spacial score (nSPS) is 23.7. The molecule has 1 N–H and O–H groups in total. The van der Waals surface area contributed by atoms with Gasteiger partial charge in [-0.1, -0.05) is 18.2 Å². The number of aliphatic carboxylic acids is 1. The monoisotopic (exact) mass is 344 g/mol. The van der Waals surface area contributed by atoms with Crippen LogP contribution in [0.4, 0.5) is 13.2 Å². The summed E-state index contributed by atoms with van der Waals surface area (Å²) in [6.45, 7) is 2.78. The Hall–Kier alpha value is -1.80. The van der Waals surface area contributed by atoms with E-state index in [2.05, 4.69) is 9.64 Å². The van der Waals surface area contributed by atoms with Gasteiger partial charge < -0.3 is 9.84 Å². The van der Waals surface area contributed by atoms with Crippen LogP contribution >= 0.6 is 0 Å². The van der Waals surface area contributed by atoms with Crippen molar-refractivity contribution >= 4 is 5.97 Å². The largest absolute Gasteiger partial charge is 0.573 e. The summed E-state index contributed by atoms with van der Waals surface area (Å²) in [6.07, 6.45) is -2.79. The minimum Gasteiger partial charge on any atom is -0.480 e. The molecule has 0 bridgehead atoms. The van der Waals surface area contributed by atoms with E-state index in [4.69, 9.17) is 0 Å². The lowest BCUT2D eigenvalue weighted by atomic mass is 10.0. The lowest BCUT2D eigenvalue weighted by Crippen LogP contribution is -2.52. The molecule has 24 heavy (non-hydrogen) atoms. The maximum Gasteiger partial charge on any atom is 0.573 e. The Morgan fingerprint density at radius 3 is 2.71 bits per heavy atom. The number of hydrogen-bond donors (Lipinski definition) is 1. The molecule has 0 saturated carbocycles. The number of rotatable bonds is 4. The highest BCUT2D eigenvalue weighted by molar-refractivity contribution is 5.76. The smallest absolute Gasteiger partial charge is 0.480 e. The number of carboxylic acid groups (broad SMARTS) is 1. The number of hydrogen-bond acceptors (Lipinski definition) is 4. The molecule has 2 fully saturated rings. The third kappa shape index (κ3) is 3.64. The van der Waals surface area contributed by atoms with Gasteiger partial charge in [0.2, 0.25) is 0 Å². The highest BCUT2D eigenvalue weighted by Crippen LogP contribution is 2.35. The van der Waals surface area contributed by atoms with Crippen molar-refractivity contribution < 1.29 is 27.8 Å². The zero-order valence-electron chi connectivity index (χ0n) is 13.0. The van der Waals surface area contributed by atoms with Crippen molar-refractivity contribution in [3.8, 4) is 5.75 Å². The average Bonchev–Trinajstić information content (AvgIpc) is 2.95. The van der Waals surface area contributed by atoms with Crippen molar-refractivity contribution in [2.45, 2.75) is 31.3 Å². The number of ether oxygens (including phenoxy) is 1. The third-order valence-corrected chi connectivity index (χ3v) is 4.66. The first-order chi connectivity index (χ1) is 11.3. The summed E-state index contributed by atoms with van der Waals surface area (Å²) in [6, 6.07) is 4.60. The Morgan fingerprint density at radius 1 is 1.25 bits per heavy atom. The fraction of sp³-hybridized carbons (Fsp3) is 0.562. The van der Waals surface area contributed by atoms with Crippen LogP contribution in [0.15, 0.2) is 24.3 Å². The van der Waals surface area contributed by atoms with Crippen LogP contribution in [0.1, 0.15) is 24.4 Å². The van der Waals surface area contributed by atoms with Gasteiger partial charge >= 0.3 is 12.3 Å². The summed E-state index contributed by atoms with van der Waals surface area (Å²) < 4.78 is 41.9. The zero-order chi connectivity index (χ0) is 17.3. The van der Waals surface area contributed by atoms with E-state index in [1.54, 1.807) is 4.90 Å². The van der Waals surface area contributed by atoms with E-state index in [9.17, 15) is 23.1 Å². The Labute approximate surface area is 137 Å². The van der Waals surface area contributed by atoms with Gasteiger partial charge in [0.25, 0.3) is 0 Å². The van der Waals surface area contributed by atoms with Gasteiger partial charge in [-0.2, -0.15) is 0 Å². The van der Waals surface area contributed by atoms with Gasteiger partial charge in [0.05, 0.1) is 0 Å². The van der Waals surface area contributed by atoms with Crippen LogP contribution in [0.3, 0.4) is 0 Å². The molecule has 2 saturated heterocycles. The van der Waals surface area contributed by atoms with Gasteiger partial charge in [-0.15, -0.1) is 13.2 Å². The standard InChI is InChI=1S/C16H19F3N2O3/c17-16(18,19)24-13-6-2-1-5-12(13)14(15(22)23)21-9-8-20-7-3-4-11(20)10-21/h1-2,5-6,11,14H,3-4,7-10H2,(H,22,23). The lowest BCUT2D eigenvalue weighted by molar-refractivity contribution is -0.275. The number of piperazine rings is 1. The summed E-state index contributed by atoms with van der Waals surface area (Å²) in [4.78, 5) is 15.9. The summed E-state index contributed by atoms with van der Waals surface area (Å²) in [5, 5.41) is 9.65. The predicted molar refractivity (Wildman–Crippen MR) is 79.7 cm³/mol. The minimum absolute atomic E-state index is 0.0359. The molecule has 0 spiro atoms. The maximum absolute atomic E-state index is 12.6. The van der Waals surface area contributed by atoms with Crippen LogP contribution in [-0.4, -0.2) is 59.5 Å². The molecule has 0 aromatic heterocycles. The van der Waals surface area contributed by atoms with Crippen LogP contribution in [0.2, 0.25) is 0 Å². The molecule has 0 amide bonds. The molecule has 1 aromatic carbocycles. The van der Waals surface area contributed by atoms with E-state index in [1.165, 1.54) is 18.2 Å². The number of halogens is 3. The molecule has 8 heteroatoms. The second kappa shape index (κ2) is 6.60. The first kappa shape index (κ1) is 17.0. The van der Waals surface area contributed by atoms with Gasteiger partial charge in [-0.3, -0.25) is 14.6 Å². The summed E-state index contributed by atoms with van der Waals surface area (Å²) in [5.41, 5.74) is 0.0359. The van der Waals surface area contributed by atoms with Gasteiger partial charge in [-0.05, 0) is 25.5 Å². The molecule has 2 unspecified atom stereocenters. The molecular weight excluding hydrogens is 325 g/mol. The molecular formula is C16H19F3N2O3. The number of carboxylic acids is 1. The van der Waals surface area contributed by atoms with Crippen molar-refractivity contribution in [3.63, 3.8) is 0 Å². The second-order valence-corrected chi connectivity index (χ2v) is 6.15. The number of carbonyl (C=O) groups is 1. The Balaban J connectivity index is 1.87. The molecule has 2 heterocycles. The fourth-order valence-corrected chi connectivity index (χ4v) is 3.66. The lowest BCUT2D eigenvalue weighted by Gasteiger charge is -2.40. The van der Waals surface area contributed by atoms with Gasteiger partial charge in [0.1, 0.15) is 11.8 Å². The SMILES string of the molecule is O=C(O)C(c1ccccc1OC(F)(F)F)N1CCN2CCCC2C1. The first-order valence-electron chi connectivity index (χ1n) is 7.91. The third-order valence-electron chi connectivity index (χ3n) is 4.66. The van der Waals surface area contributed by atoms with Gasteiger partial charge in [0, 0.05) is 31.2 Å². The van der Waals surface area contributed by atoms with E-state index >= 15 is 0 Å². The molecule has 2 atom stereocenters. The predicted octanol–water partition coefficient (Wildman–Crippen LogP) is 2.49. The van der Waals surface area contributed by atoms with Crippen molar-refractivity contribution in [2.24, 2.45) is 0 Å². The number of alkyl halides is 3. The summed E-state index contributed by atoms with van der Waals surface area (Å²) in [5.74, 6) is -1.62. The quantitative estimate of drug-likeness (QED) is 0.910. The van der Waals surface area contributed by atoms with E-state index in [0.717, 1.165) is 32.0 Å². The molecule has 2 aliphatic heterocycles. The van der Waals surface area contributed by atoms with Crippen LogP contribution in [0.5, 0.6) is 5.75 Å². The molecule has 0 aliphatic carbocycles. The zero-order valence-corrected chi connectivity index (χ0v) is 13.0.